The highest BCUT2D eigenvalue weighted by Crippen LogP contribution is 2.48. The molecule has 6 nitrogen and oxygen atoms in total. The molecule has 2 saturated carbocycles. The lowest BCUT2D eigenvalue weighted by atomic mass is 9.83. The van der Waals surface area contributed by atoms with Gasteiger partial charge in [-0.05, 0) is 37.5 Å². The average molecular weight is 378 g/mol. The minimum Gasteiger partial charge on any atom is -0.441 e. The maximum atomic E-state index is 13.1. The molecule has 27 heavy (non-hydrogen) atoms. The number of piperidine rings is 1. The third kappa shape index (κ3) is 3.57. The number of nitrogens with two attached hydrogens (primary N) is 1. The first-order valence-corrected chi connectivity index (χ1v) is 11.1. The zero-order chi connectivity index (χ0) is 19.0. The maximum Gasteiger partial charge on any atom is 0.410 e. The molecule has 2 heterocycles. The molecule has 6 heteroatoms. The van der Waals surface area contributed by atoms with Crippen molar-refractivity contribution in [2.24, 2.45) is 23.5 Å². The molecule has 4 fully saturated rings. The van der Waals surface area contributed by atoms with E-state index in [2.05, 4.69) is 6.92 Å². The number of hydrogen-bond donors (Lipinski definition) is 1. The van der Waals surface area contributed by atoms with Gasteiger partial charge in [0.15, 0.2) is 0 Å². The molecule has 1 spiro atoms. The Balaban J connectivity index is 1.29. The summed E-state index contributed by atoms with van der Waals surface area (Å²) in [5, 5.41) is 0. The summed E-state index contributed by atoms with van der Waals surface area (Å²) >= 11 is 0. The van der Waals surface area contributed by atoms with E-state index < -0.39 is 0 Å². The summed E-state index contributed by atoms with van der Waals surface area (Å²) in [4.78, 5) is 29.2. The van der Waals surface area contributed by atoms with Gasteiger partial charge in [0.05, 0.1) is 12.5 Å². The number of hydrogen-bond acceptors (Lipinski definition) is 4. The Kier molecular flexibility index (Phi) is 5.36. The van der Waals surface area contributed by atoms with Gasteiger partial charge in [0.2, 0.25) is 5.91 Å². The number of rotatable bonds is 6. The molecule has 0 aromatic heterocycles. The summed E-state index contributed by atoms with van der Waals surface area (Å²) in [7, 11) is 0. The topological polar surface area (TPSA) is 75.9 Å². The van der Waals surface area contributed by atoms with Gasteiger partial charge in [0.25, 0.3) is 0 Å². The molecule has 0 unspecified atom stereocenters. The van der Waals surface area contributed by atoms with Gasteiger partial charge in [0.1, 0.15) is 5.60 Å². The van der Waals surface area contributed by atoms with Crippen molar-refractivity contribution in [1.29, 1.82) is 0 Å². The van der Waals surface area contributed by atoms with Crippen molar-refractivity contribution < 1.29 is 14.3 Å². The van der Waals surface area contributed by atoms with E-state index >= 15 is 0 Å². The maximum absolute atomic E-state index is 13.1. The van der Waals surface area contributed by atoms with Crippen molar-refractivity contribution in [2.75, 3.05) is 26.2 Å². The SMILES string of the molecule is CCCCCCN1CC2(CCN(C(=O)[C@H]3[C@H]4CC[C@H](C4)[C@H]3N)CC2)OC1=O. The first-order chi connectivity index (χ1) is 13.0. The number of carbonyl (C=O) groups excluding carboxylic acids is 2. The lowest BCUT2D eigenvalue weighted by molar-refractivity contribution is -0.141. The minimum absolute atomic E-state index is 0.0268. The summed E-state index contributed by atoms with van der Waals surface area (Å²) in [6.45, 7) is 5.06. The number of ether oxygens (including phenoxy) is 1. The van der Waals surface area contributed by atoms with E-state index in [1.54, 1.807) is 0 Å². The molecule has 2 amide bonds. The first-order valence-electron chi connectivity index (χ1n) is 11.1. The smallest absolute Gasteiger partial charge is 0.410 e. The zero-order valence-electron chi connectivity index (χ0n) is 16.7. The Morgan fingerprint density at radius 2 is 1.93 bits per heavy atom. The molecule has 0 aromatic carbocycles. The highest BCUT2D eigenvalue weighted by atomic mass is 16.6. The molecule has 4 atom stereocenters. The fraction of sp³-hybridized carbons (Fsp3) is 0.905. The van der Waals surface area contributed by atoms with E-state index in [1.807, 2.05) is 9.80 Å². The van der Waals surface area contributed by atoms with Crippen LogP contribution in [-0.2, 0) is 9.53 Å². The number of likely N-dealkylation sites (tertiary alicyclic amines) is 1. The van der Waals surface area contributed by atoms with Crippen LogP contribution in [0.15, 0.2) is 0 Å². The summed E-state index contributed by atoms with van der Waals surface area (Å²) in [6, 6.07) is 0.0510. The monoisotopic (exact) mass is 377 g/mol. The Bertz CT molecular complexity index is 571. The minimum atomic E-state index is -0.380. The van der Waals surface area contributed by atoms with E-state index in [4.69, 9.17) is 10.5 Å². The molecule has 0 aromatic rings. The number of nitrogens with zero attached hydrogens (tertiary/aromatic N) is 2. The van der Waals surface area contributed by atoms with Crippen molar-refractivity contribution in [1.82, 2.24) is 9.80 Å². The van der Waals surface area contributed by atoms with Crippen molar-refractivity contribution in [2.45, 2.75) is 76.4 Å². The van der Waals surface area contributed by atoms with Gasteiger partial charge in [-0.15, -0.1) is 0 Å². The quantitative estimate of drug-likeness (QED) is 0.722. The summed E-state index contributed by atoms with van der Waals surface area (Å²) in [5.41, 5.74) is 5.99. The Morgan fingerprint density at radius 3 is 2.59 bits per heavy atom. The molecule has 152 valence electrons. The Hall–Kier alpha value is -1.30. The molecule has 2 aliphatic carbocycles. The summed E-state index contributed by atoms with van der Waals surface area (Å²) in [5.74, 6) is 1.33. The van der Waals surface area contributed by atoms with Gasteiger partial charge in [-0.2, -0.15) is 0 Å². The van der Waals surface area contributed by atoms with Crippen LogP contribution >= 0.6 is 0 Å². The molecule has 4 rings (SSSR count). The van der Waals surface area contributed by atoms with Crippen molar-refractivity contribution in [3.8, 4) is 0 Å². The molecule has 2 bridgehead atoms. The van der Waals surface area contributed by atoms with Crippen molar-refractivity contribution in [3.05, 3.63) is 0 Å². The van der Waals surface area contributed by atoms with E-state index in [-0.39, 0.29) is 29.6 Å². The highest BCUT2D eigenvalue weighted by molar-refractivity contribution is 5.81. The molecular weight excluding hydrogens is 342 g/mol. The average Bonchev–Trinajstić information content (AvgIpc) is 3.33. The predicted octanol–water partition coefficient (Wildman–Crippen LogP) is 2.75. The lowest BCUT2D eigenvalue weighted by Gasteiger charge is -2.40. The largest absolute Gasteiger partial charge is 0.441 e. The zero-order valence-corrected chi connectivity index (χ0v) is 16.7. The third-order valence-electron chi connectivity index (χ3n) is 7.57. The van der Waals surface area contributed by atoms with Gasteiger partial charge < -0.3 is 20.3 Å². The van der Waals surface area contributed by atoms with Crippen LogP contribution in [0.5, 0.6) is 0 Å². The normalized spacial score (nSPS) is 34.5. The summed E-state index contributed by atoms with van der Waals surface area (Å²) in [6.07, 6.45) is 9.48. The number of fused-ring (bicyclic) bond motifs is 2. The Labute approximate surface area is 162 Å². The first kappa shape index (κ1) is 19.0. The van der Waals surface area contributed by atoms with E-state index in [9.17, 15) is 9.59 Å². The molecular formula is C21H35N3O3. The number of carbonyl (C=O) groups is 2. The fourth-order valence-corrected chi connectivity index (χ4v) is 5.90. The van der Waals surface area contributed by atoms with Gasteiger partial charge in [-0.3, -0.25) is 4.79 Å². The van der Waals surface area contributed by atoms with E-state index in [0.717, 1.165) is 38.6 Å². The van der Waals surface area contributed by atoms with Crippen LogP contribution in [0.2, 0.25) is 0 Å². The molecule has 2 N–H and O–H groups in total. The second-order valence-electron chi connectivity index (χ2n) is 9.29. The van der Waals surface area contributed by atoms with Crippen LogP contribution in [0, 0.1) is 17.8 Å². The van der Waals surface area contributed by atoms with E-state index in [0.29, 0.717) is 31.5 Å². The van der Waals surface area contributed by atoms with E-state index in [1.165, 1.54) is 25.7 Å². The van der Waals surface area contributed by atoms with Crippen LogP contribution in [0.25, 0.3) is 0 Å². The number of amides is 2. The van der Waals surface area contributed by atoms with Crippen LogP contribution in [-0.4, -0.2) is 59.6 Å². The van der Waals surface area contributed by atoms with Crippen LogP contribution in [0.1, 0.15) is 64.7 Å². The van der Waals surface area contributed by atoms with Gasteiger partial charge in [0, 0.05) is 38.5 Å². The molecule has 2 saturated heterocycles. The number of unbranched alkanes of at least 4 members (excludes halogenated alkanes) is 3. The summed E-state index contributed by atoms with van der Waals surface area (Å²) < 4.78 is 5.81. The van der Waals surface area contributed by atoms with Crippen LogP contribution in [0.4, 0.5) is 4.79 Å². The standard InChI is InChI=1S/C21H35N3O3/c1-2-3-4-5-10-24-14-21(27-20(24)26)8-11-23(12-9-21)19(25)17-15-6-7-16(13-15)18(17)22/h15-18H,2-14,22H2,1H3/t15-,16+,17-,18+/m0/s1. The lowest BCUT2D eigenvalue weighted by Crippen LogP contribution is -2.53. The Morgan fingerprint density at radius 1 is 1.19 bits per heavy atom. The van der Waals surface area contributed by atoms with Crippen molar-refractivity contribution >= 4 is 12.0 Å². The van der Waals surface area contributed by atoms with Gasteiger partial charge in [-0.1, -0.05) is 26.2 Å². The second kappa shape index (κ2) is 7.61. The van der Waals surface area contributed by atoms with Crippen LogP contribution < -0.4 is 5.73 Å². The van der Waals surface area contributed by atoms with Gasteiger partial charge in [-0.25, -0.2) is 4.79 Å². The predicted molar refractivity (Wildman–Crippen MR) is 103 cm³/mol. The highest BCUT2D eigenvalue weighted by Gasteiger charge is 2.52. The molecule has 2 aliphatic heterocycles. The molecule has 0 radical (unpaired) electrons. The fourth-order valence-electron chi connectivity index (χ4n) is 5.90. The second-order valence-corrected chi connectivity index (χ2v) is 9.29. The van der Waals surface area contributed by atoms with Gasteiger partial charge >= 0.3 is 6.09 Å². The third-order valence-corrected chi connectivity index (χ3v) is 7.57. The van der Waals surface area contributed by atoms with Crippen LogP contribution in [0.3, 0.4) is 0 Å². The molecule has 4 aliphatic rings. The van der Waals surface area contributed by atoms with Crippen molar-refractivity contribution in [3.63, 3.8) is 0 Å².